The number of benzene rings is 1. The van der Waals surface area contributed by atoms with Crippen LogP contribution in [0.4, 0.5) is 4.79 Å². The van der Waals surface area contributed by atoms with Gasteiger partial charge in [-0.25, -0.2) is 4.79 Å². The van der Waals surface area contributed by atoms with Crippen LogP contribution in [0.5, 0.6) is 0 Å². The van der Waals surface area contributed by atoms with Crippen LogP contribution in [0, 0.1) is 0 Å². The molecule has 4 nitrogen and oxygen atoms in total. The molecule has 0 unspecified atom stereocenters. The molecule has 1 fully saturated rings. The third-order valence-corrected chi connectivity index (χ3v) is 4.27. The van der Waals surface area contributed by atoms with Crippen LogP contribution in [0.1, 0.15) is 24.9 Å². The second-order valence-electron chi connectivity index (χ2n) is 4.94. The predicted molar refractivity (Wildman–Crippen MR) is 79.9 cm³/mol. The van der Waals surface area contributed by atoms with E-state index >= 15 is 0 Å². The molecule has 1 saturated heterocycles. The highest BCUT2D eigenvalue weighted by molar-refractivity contribution is 9.10. The summed E-state index contributed by atoms with van der Waals surface area (Å²) in [6, 6.07) is 8.48. The smallest absolute Gasteiger partial charge is 0.314 e. The van der Waals surface area contributed by atoms with Gasteiger partial charge in [-0.3, -0.25) is 4.90 Å². The fourth-order valence-corrected chi connectivity index (χ4v) is 2.76. The Kier molecular flexibility index (Phi) is 4.82. The first-order valence-electron chi connectivity index (χ1n) is 6.62. The average Bonchev–Trinajstić information content (AvgIpc) is 2.64. The molecule has 2 N–H and O–H groups in total. The summed E-state index contributed by atoms with van der Waals surface area (Å²) >= 11 is 3.46. The summed E-state index contributed by atoms with van der Waals surface area (Å²) in [5.74, 6) is 0. The molecule has 0 spiro atoms. The van der Waals surface area contributed by atoms with Crippen molar-refractivity contribution in [3.8, 4) is 0 Å². The number of carbonyl (C=O) groups is 1. The lowest BCUT2D eigenvalue weighted by atomic mass is 10.1. The van der Waals surface area contributed by atoms with Crippen LogP contribution in [0.3, 0.4) is 0 Å². The van der Waals surface area contributed by atoms with E-state index in [-0.39, 0.29) is 6.03 Å². The predicted octanol–water partition coefficient (Wildman–Crippen LogP) is 2.60. The Hall–Kier alpha value is -1.07. The van der Waals surface area contributed by atoms with Crippen LogP contribution in [0.15, 0.2) is 28.7 Å². The van der Waals surface area contributed by atoms with Gasteiger partial charge in [-0.2, -0.15) is 0 Å². The molecule has 1 aliphatic rings. The van der Waals surface area contributed by atoms with Gasteiger partial charge in [0.2, 0.25) is 0 Å². The lowest BCUT2D eigenvalue weighted by molar-refractivity contribution is 0.198. The summed E-state index contributed by atoms with van der Waals surface area (Å²) in [6.45, 7) is 5.57. The molecule has 0 saturated carbocycles. The molecular weight excluding hydrogens is 306 g/mol. The summed E-state index contributed by atoms with van der Waals surface area (Å²) in [4.78, 5) is 15.4. The Balaban J connectivity index is 2.01. The fraction of sp³-hybridized carbons (Fsp3) is 0.500. The average molecular weight is 326 g/mol. The number of nitrogens with zero attached hydrogens (tertiary/aromatic N) is 2. The highest BCUT2D eigenvalue weighted by Crippen LogP contribution is 2.23. The van der Waals surface area contributed by atoms with Crippen LogP contribution in [-0.2, 0) is 0 Å². The maximum absolute atomic E-state index is 11.2. The third kappa shape index (κ3) is 3.70. The molecular formula is C14H20BrN3O. The first-order valence-corrected chi connectivity index (χ1v) is 7.41. The molecule has 1 atom stereocenters. The number of primary amides is 1. The molecule has 1 aliphatic heterocycles. The zero-order valence-electron chi connectivity index (χ0n) is 11.2. The number of halogens is 1. The molecule has 0 aliphatic carbocycles. The van der Waals surface area contributed by atoms with Crippen molar-refractivity contribution < 1.29 is 4.79 Å². The molecule has 0 radical (unpaired) electrons. The molecule has 0 aromatic heterocycles. The zero-order chi connectivity index (χ0) is 13.8. The minimum absolute atomic E-state index is 0.307. The number of amides is 2. The molecule has 0 bridgehead atoms. The molecule has 104 valence electrons. The molecule has 1 heterocycles. The quantitative estimate of drug-likeness (QED) is 0.908. The van der Waals surface area contributed by atoms with E-state index in [1.165, 1.54) is 5.56 Å². The van der Waals surface area contributed by atoms with E-state index in [9.17, 15) is 4.79 Å². The molecule has 1 aromatic carbocycles. The largest absolute Gasteiger partial charge is 0.351 e. The van der Waals surface area contributed by atoms with Crippen molar-refractivity contribution in [2.75, 3.05) is 26.2 Å². The van der Waals surface area contributed by atoms with Crippen molar-refractivity contribution in [3.05, 3.63) is 34.3 Å². The number of hydrogen-bond donors (Lipinski definition) is 1. The van der Waals surface area contributed by atoms with Crippen LogP contribution in [0.2, 0.25) is 0 Å². The Morgan fingerprint density at radius 1 is 1.21 bits per heavy atom. The summed E-state index contributed by atoms with van der Waals surface area (Å²) in [6.07, 6.45) is 0.976. The lowest BCUT2D eigenvalue weighted by Crippen LogP contribution is -2.39. The van der Waals surface area contributed by atoms with Crippen molar-refractivity contribution in [1.29, 1.82) is 0 Å². The molecule has 2 amide bonds. The van der Waals surface area contributed by atoms with E-state index < -0.39 is 0 Å². The molecule has 1 aromatic rings. The van der Waals surface area contributed by atoms with Crippen molar-refractivity contribution in [2.24, 2.45) is 5.73 Å². The van der Waals surface area contributed by atoms with Crippen LogP contribution < -0.4 is 5.73 Å². The minimum Gasteiger partial charge on any atom is -0.351 e. The standard InChI is InChI=1S/C14H20BrN3O/c1-11(12-3-5-13(15)6-4-12)17-7-2-8-18(10-9-17)14(16)19/h3-6,11H,2,7-10H2,1H3,(H2,16,19)/t11-/m1/s1. The van der Waals surface area contributed by atoms with Gasteiger partial charge < -0.3 is 10.6 Å². The minimum atomic E-state index is -0.307. The van der Waals surface area contributed by atoms with Crippen molar-refractivity contribution in [1.82, 2.24) is 9.80 Å². The van der Waals surface area contributed by atoms with Crippen LogP contribution in [0.25, 0.3) is 0 Å². The van der Waals surface area contributed by atoms with Crippen LogP contribution in [-0.4, -0.2) is 42.0 Å². The second kappa shape index (κ2) is 6.39. The maximum Gasteiger partial charge on any atom is 0.314 e. The number of hydrogen-bond acceptors (Lipinski definition) is 2. The van der Waals surface area contributed by atoms with E-state index in [4.69, 9.17) is 5.73 Å². The Labute approximate surface area is 122 Å². The van der Waals surface area contributed by atoms with E-state index in [0.29, 0.717) is 6.04 Å². The maximum atomic E-state index is 11.2. The topological polar surface area (TPSA) is 49.6 Å². The fourth-order valence-electron chi connectivity index (χ4n) is 2.50. The zero-order valence-corrected chi connectivity index (χ0v) is 12.8. The second-order valence-corrected chi connectivity index (χ2v) is 5.86. The lowest BCUT2D eigenvalue weighted by Gasteiger charge is -2.28. The summed E-state index contributed by atoms with van der Waals surface area (Å²) < 4.78 is 1.10. The van der Waals surface area contributed by atoms with Crippen molar-refractivity contribution in [2.45, 2.75) is 19.4 Å². The SMILES string of the molecule is C[C@H](c1ccc(Br)cc1)N1CCCN(C(N)=O)CC1. The van der Waals surface area contributed by atoms with Crippen LogP contribution >= 0.6 is 15.9 Å². The van der Waals surface area contributed by atoms with E-state index in [0.717, 1.165) is 37.1 Å². The van der Waals surface area contributed by atoms with E-state index in [1.54, 1.807) is 4.90 Å². The van der Waals surface area contributed by atoms with Gasteiger partial charge in [0.1, 0.15) is 0 Å². The van der Waals surface area contributed by atoms with Gasteiger partial charge >= 0.3 is 6.03 Å². The van der Waals surface area contributed by atoms with E-state index in [2.05, 4.69) is 52.0 Å². The van der Waals surface area contributed by atoms with E-state index in [1.807, 2.05) is 0 Å². The highest BCUT2D eigenvalue weighted by atomic mass is 79.9. The van der Waals surface area contributed by atoms with Gasteiger partial charge in [0.25, 0.3) is 0 Å². The Bertz CT molecular complexity index is 435. The first-order chi connectivity index (χ1) is 9.08. The monoisotopic (exact) mass is 325 g/mol. The van der Waals surface area contributed by atoms with Crippen molar-refractivity contribution >= 4 is 22.0 Å². The van der Waals surface area contributed by atoms with Gasteiger partial charge in [0.15, 0.2) is 0 Å². The third-order valence-electron chi connectivity index (χ3n) is 3.74. The first kappa shape index (κ1) is 14.3. The normalized spacial score (nSPS) is 18.9. The van der Waals surface area contributed by atoms with Gasteiger partial charge in [-0.1, -0.05) is 28.1 Å². The Morgan fingerprint density at radius 3 is 2.53 bits per heavy atom. The van der Waals surface area contributed by atoms with Gasteiger partial charge in [0, 0.05) is 36.7 Å². The number of carbonyl (C=O) groups excluding carboxylic acids is 1. The molecule has 19 heavy (non-hydrogen) atoms. The number of rotatable bonds is 2. The van der Waals surface area contributed by atoms with Gasteiger partial charge in [0.05, 0.1) is 0 Å². The number of nitrogens with two attached hydrogens (primary N) is 1. The summed E-state index contributed by atoms with van der Waals surface area (Å²) in [5, 5.41) is 0. The number of urea groups is 1. The molecule has 2 rings (SSSR count). The summed E-state index contributed by atoms with van der Waals surface area (Å²) in [7, 11) is 0. The Morgan fingerprint density at radius 2 is 1.89 bits per heavy atom. The summed E-state index contributed by atoms with van der Waals surface area (Å²) in [5.41, 5.74) is 6.65. The highest BCUT2D eigenvalue weighted by Gasteiger charge is 2.21. The van der Waals surface area contributed by atoms with Gasteiger partial charge in [-0.15, -0.1) is 0 Å². The van der Waals surface area contributed by atoms with Crippen molar-refractivity contribution in [3.63, 3.8) is 0 Å². The van der Waals surface area contributed by atoms with Gasteiger partial charge in [-0.05, 0) is 31.0 Å². The molecule has 5 heteroatoms.